The summed E-state index contributed by atoms with van der Waals surface area (Å²) in [4.78, 5) is 38.3. The Hall–Kier alpha value is -2.37. The quantitative estimate of drug-likeness (QED) is 0.0261. The standard InChI is InChI=1S/C66H122O6/c1-4-7-10-13-16-19-22-25-28-31-33-35-38-41-44-47-50-53-56-59-65(68)71-62-63(61-70-64(67)58-55-52-49-46-43-40-37-30-27-24-21-18-15-12-9-6-3)72-66(69)60-57-54-51-48-45-42-39-36-34-32-29-26-23-20-17-14-11-8-5-2/h16,19,25-26,28-29,63H,4-15,17-18,20-24,27,30-62H2,1-3H3/b19-16-,28-25-,29-26-/t63-/m1/s1. The minimum absolute atomic E-state index is 0.0697. The van der Waals surface area contributed by atoms with E-state index in [1.165, 1.54) is 244 Å². The van der Waals surface area contributed by atoms with Crippen molar-refractivity contribution in [2.75, 3.05) is 13.2 Å². The van der Waals surface area contributed by atoms with Crippen molar-refractivity contribution in [3.05, 3.63) is 36.5 Å². The molecule has 0 aromatic rings. The average Bonchev–Trinajstić information content (AvgIpc) is 3.38. The van der Waals surface area contributed by atoms with Crippen LogP contribution in [0.3, 0.4) is 0 Å². The number of carbonyl (C=O) groups is 3. The van der Waals surface area contributed by atoms with Crippen molar-refractivity contribution in [1.82, 2.24) is 0 Å². The molecule has 6 heteroatoms. The molecule has 0 aliphatic heterocycles. The molecule has 0 aliphatic rings. The molecule has 1 atom stereocenters. The summed E-state index contributed by atoms with van der Waals surface area (Å²) >= 11 is 0. The van der Waals surface area contributed by atoms with Crippen LogP contribution < -0.4 is 0 Å². The van der Waals surface area contributed by atoms with E-state index in [4.69, 9.17) is 14.2 Å². The number of ether oxygens (including phenoxy) is 3. The first-order valence-electron chi connectivity index (χ1n) is 32.0. The largest absolute Gasteiger partial charge is 0.462 e. The fraction of sp³-hybridized carbons (Fsp3) is 0.864. The lowest BCUT2D eigenvalue weighted by atomic mass is 10.0. The summed E-state index contributed by atoms with van der Waals surface area (Å²) in [6.07, 6.45) is 74.2. The number of unbranched alkanes of at least 4 members (excludes halogenated alkanes) is 42. The molecule has 0 N–H and O–H groups in total. The fourth-order valence-electron chi connectivity index (χ4n) is 9.53. The lowest BCUT2D eigenvalue weighted by Crippen LogP contribution is -2.30. The Balaban J connectivity index is 4.34. The Labute approximate surface area is 448 Å². The van der Waals surface area contributed by atoms with Crippen LogP contribution >= 0.6 is 0 Å². The van der Waals surface area contributed by atoms with E-state index in [-0.39, 0.29) is 31.1 Å². The molecule has 0 rings (SSSR count). The first kappa shape index (κ1) is 69.6. The fourth-order valence-corrected chi connectivity index (χ4v) is 9.53. The molecule has 0 saturated carbocycles. The molecule has 0 aromatic carbocycles. The van der Waals surface area contributed by atoms with Crippen LogP contribution in [0.4, 0.5) is 0 Å². The molecule has 0 aliphatic carbocycles. The molecule has 422 valence electrons. The van der Waals surface area contributed by atoms with Crippen LogP contribution in [0.15, 0.2) is 36.5 Å². The van der Waals surface area contributed by atoms with Gasteiger partial charge >= 0.3 is 17.9 Å². The van der Waals surface area contributed by atoms with Crippen molar-refractivity contribution in [2.45, 2.75) is 354 Å². The van der Waals surface area contributed by atoms with Crippen LogP contribution in [-0.4, -0.2) is 37.2 Å². The Morgan fingerprint density at radius 3 is 0.806 bits per heavy atom. The van der Waals surface area contributed by atoms with Gasteiger partial charge in [0.25, 0.3) is 0 Å². The van der Waals surface area contributed by atoms with E-state index in [0.717, 1.165) is 64.2 Å². The maximum Gasteiger partial charge on any atom is 0.306 e. The first-order valence-corrected chi connectivity index (χ1v) is 32.0. The van der Waals surface area contributed by atoms with Gasteiger partial charge in [0, 0.05) is 19.3 Å². The highest BCUT2D eigenvalue weighted by molar-refractivity contribution is 5.71. The zero-order valence-corrected chi connectivity index (χ0v) is 48.5. The van der Waals surface area contributed by atoms with Crippen LogP contribution in [0.25, 0.3) is 0 Å². The predicted molar refractivity (Wildman–Crippen MR) is 312 cm³/mol. The molecule has 0 saturated heterocycles. The van der Waals surface area contributed by atoms with Crippen molar-refractivity contribution in [3.63, 3.8) is 0 Å². The Kier molecular flexibility index (Phi) is 59.2. The minimum Gasteiger partial charge on any atom is -0.462 e. The SMILES string of the molecule is CCCCC/C=C\C/C=C\CCCCCCCCCCCC(=O)OC[C@@H](COC(=O)CCCCCCCCCCCCCCCCCC)OC(=O)CCCCCCCCCCC/C=C\CCCCCCCC. The van der Waals surface area contributed by atoms with Gasteiger partial charge in [-0.1, -0.05) is 288 Å². The van der Waals surface area contributed by atoms with Gasteiger partial charge in [-0.05, 0) is 77.0 Å². The second kappa shape index (κ2) is 61.2. The molecule has 0 amide bonds. The predicted octanol–water partition coefficient (Wildman–Crippen LogP) is 21.6. The molecule has 0 unspecified atom stereocenters. The van der Waals surface area contributed by atoms with Gasteiger partial charge in [0.15, 0.2) is 6.10 Å². The maximum atomic E-state index is 12.9. The lowest BCUT2D eigenvalue weighted by Gasteiger charge is -2.18. The molecule has 0 aromatic heterocycles. The molecule has 0 radical (unpaired) electrons. The second-order valence-corrected chi connectivity index (χ2v) is 21.7. The second-order valence-electron chi connectivity index (χ2n) is 21.7. The first-order chi connectivity index (χ1) is 35.5. The molecule has 72 heavy (non-hydrogen) atoms. The van der Waals surface area contributed by atoms with Gasteiger partial charge < -0.3 is 14.2 Å². The molecule has 0 spiro atoms. The van der Waals surface area contributed by atoms with Gasteiger partial charge in [-0.3, -0.25) is 14.4 Å². The van der Waals surface area contributed by atoms with Gasteiger partial charge in [0.1, 0.15) is 13.2 Å². The van der Waals surface area contributed by atoms with Crippen molar-refractivity contribution in [2.24, 2.45) is 0 Å². The number of esters is 3. The zero-order valence-electron chi connectivity index (χ0n) is 48.5. The molecule has 0 heterocycles. The zero-order chi connectivity index (χ0) is 52.2. The van der Waals surface area contributed by atoms with E-state index in [1.54, 1.807) is 0 Å². The van der Waals surface area contributed by atoms with Gasteiger partial charge in [-0.2, -0.15) is 0 Å². The van der Waals surface area contributed by atoms with E-state index in [0.29, 0.717) is 19.3 Å². The maximum absolute atomic E-state index is 12.9. The van der Waals surface area contributed by atoms with Gasteiger partial charge in [-0.25, -0.2) is 0 Å². The number of allylic oxidation sites excluding steroid dienone is 6. The third kappa shape index (κ3) is 58.5. The van der Waals surface area contributed by atoms with E-state index in [9.17, 15) is 14.4 Å². The monoisotopic (exact) mass is 1010 g/mol. The van der Waals surface area contributed by atoms with Crippen molar-refractivity contribution in [1.29, 1.82) is 0 Å². The van der Waals surface area contributed by atoms with E-state index >= 15 is 0 Å². The third-order valence-electron chi connectivity index (χ3n) is 14.4. The molecule has 0 bridgehead atoms. The summed E-state index contributed by atoms with van der Waals surface area (Å²) in [5.41, 5.74) is 0. The van der Waals surface area contributed by atoms with Crippen molar-refractivity contribution >= 4 is 17.9 Å². The normalized spacial score (nSPS) is 12.2. The molecule has 0 fully saturated rings. The van der Waals surface area contributed by atoms with Crippen LogP contribution in [0.5, 0.6) is 0 Å². The smallest absolute Gasteiger partial charge is 0.306 e. The number of carbonyl (C=O) groups excluding carboxylic acids is 3. The molecular formula is C66H122O6. The Morgan fingerprint density at radius 2 is 0.500 bits per heavy atom. The van der Waals surface area contributed by atoms with Gasteiger partial charge in [-0.15, -0.1) is 0 Å². The minimum atomic E-state index is -0.773. The highest BCUT2D eigenvalue weighted by Gasteiger charge is 2.19. The lowest BCUT2D eigenvalue weighted by molar-refractivity contribution is -0.167. The van der Waals surface area contributed by atoms with Crippen LogP contribution in [0.1, 0.15) is 348 Å². The van der Waals surface area contributed by atoms with Crippen molar-refractivity contribution in [3.8, 4) is 0 Å². The highest BCUT2D eigenvalue weighted by atomic mass is 16.6. The summed E-state index contributed by atoms with van der Waals surface area (Å²) < 4.78 is 17.0. The summed E-state index contributed by atoms with van der Waals surface area (Å²) in [6.45, 7) is 6.67. The Morgan fingerprint density at radius 1 is 0.278 bits per heavy atom. The third-order valence-corrected chi connectivity index (χ3v) is 14.4. The van der Waals surface area contributed by atoms with Gasteiger partial charge in [0.2, 0.25) is 0 Å². The van der Waals surface area contributed by atoms with Crippen LogP contribution in [0.2, 0.25) is 0 Å². The van der Waals surface area contributed by atoms with Gasteiger partial charge in [0.05, 0.1) is 0 Å². The summed E-state index contributed by atoms with van der Waals surface area (Å²) in [6, 6.07) is 0. The number of hydrogen-bond acceptors (Lipinski definition) is 6. The van der Waals surface area contributed by atoms with E-state index in [1.807, 2.05) is 0 Å². The van der Waals surface area contributed by atoms with Crippen LogP contribution in [0, 0.1) is 0 Å². The highest BCUT2D eigenvalue weighted by Crippen LogP contribution is 2.17. The average molecular weight is 1010 g/mol. The number of rotatable bonds is 59. The topological polar surface area (TPSA) is 78.9 Å². The van der Waals surface area contributed by atoms with E-state index in [2.05, 4.69) is 57.2 Å². The summed E-state index contributed by atoms with van der Waals surface area (Å²) in [5, 5.41) is 0. The van der Waals surface area contributed by atoms with Crippen molar-refractivity contribution < 1.29 is 28.6 Å². The summed E-state index contributed by atoms with van der Waals surface area (Å²) in [5.74, 6) is -0.852. The van der Waals surface area contributed by atoms with Crippen LogP contribution in [-0.2, 0) is 28.6 Å². The summed E-state index contributed by atoms with van der Waals surface area (Å²) in [7, 11) is 0. The number of hydrogen-bond donors (Lipinski definition) is 0. The molecule has 6 nitrogen and oxygen atoms in total. The molecular weight excluding hydrogens is 889 g/mol. The van der Waals surface area contributed by atoms with E-state index < -0.39 is 6.10 Å². The Bertz CT molecular complexity index is 1210.